The van der Waals surface area contributed by atoms with Gasteiger partial charge in [-0.3, -0.25) is 4.98 Å². The molecule has 1 fully saturated rings. The molecule has 1 N–H and O–H groups in total. The van der Waals surface area contributed by atoms with Crippen LogP contribution in [-0.4, -0.2) is 63.8 Å². The van der Waals surface area contributed by atoms with Gasteiger partial charge in [-0.25, -0.2) is 4.79 Å². The molecule has 1 aliphatic rings. The number of fused-ring (bicyclic) bond motifs is 1. The summed E-state index contributed by atoms with van der Waals surface area (Å²) in [4.78, 5) is 20.1. The molecule has 6 nitrogen and oxygen atoms in total. The van der Waals surface area contributed by atoms with Crippen molar-refractivity contribution in [2.24, 2.45) is 0 Å². The number of carbonyl (C=O) groups is 1. The highest BCUT2D eigenvalue weighted by Gasteiger charge is 2.25. The second kappa shape index (κ2) is 12.4. The molecule has 6 heteroatoms. The maximum atomic E-state index is 11.5. The van der Waals surface area contributed by atoms with Crippen LogP contribution in [0.5, 0.6) is 5.75 Å². The molecule has 34 heavy (non-hydrogen) atoms. The molecule has 1 amide bonds. The van der Waals surface area contributed by atoms with Crippen molar-refractivity contribution in [1.82, 2.24) is 14.8 Å². The van der Waals surface area contributed by atoms with Gasteiger partial charge in [0.05, 0.1) is 0 Å². The van der Waals surface area contributed by atoms with Gasteiger partial charge in [-0.1, -0.05) is 25.8 Å². The number of piperidine rings is 1. The zero-order chi connectivity index (χ0) is 24.6. The predicted molar refractivity (Wildman–Crippen MR) is 139 cm³/mol. The van der Waals surface area contributed by atoms with E-state index in [1.807, 2.05) is 33.0 Å². The lowest BCUT2D eigenvalue weighted by molar-refractivity contribution is 0.0955. The lowest BCUT2D eigenvalue weighted by atomic mass is 10.0. The zero-order valence-electron chi connectivity index (χ0n) is 21.6. The van der Waals surface area contributed by atoms with Crippen molar-refractivity contribution in [3.63, 3.8) is 0 Å². The number of pyridine rings is 1. The average Bonchev–Trinajstić information content (AvgIpc) is 2.80. The van der Waals surface area contributed by atoms with Crippen LogP contribution in [0.4, 0.5) is 4.79 Å². The van der Waals surface area contributed by atoms with Crippen LogP contribution in [0.15, 0.2) is 30.5 Å². The Balaban J connectivity index is 1.44. The molecule has 2 aromatic rings. The third-order valence-electron chi connectivity index (χ3n) is 6.77. The van der Waals surface area contributed by atoms with Crippen LogP contribution in [0.2, 0.25) is 0 Å². The Morgan fingerprint density at radius 2 is 1.94 bits per heavy atom. The molecule has 0 bridgehead atoms. The molecule has 1 aromatic carbocycles. The van der Waals surface area contributed by atoms with Gasteiger partial charge >= 0.3 is 6.09 Å². The quantitative estimate of drug-likeness (QED) is 0.387. The van der Waals surface area contributed by atoms with E-state index in [2.05, 4.69) is 35.0 Å². The van der Waals surface area contributed by atoms with Gasteiger partial charge in [0.1, 0.15) is 17.4 Å². The third kappa shape index (κ3) is 7.59. The number of nitrogens with zero attached hydrogens (tertiary/aromatic N) is 3. The Bertz CT molecular complexity index is 917. The fourth-order valence-electron chi connectivity index (χ4n) is 4.76. The Morgan fingerprint density at radius 3 is 2.62 bits per heavy atom. The van der Waals surface area contributed by atoms with E-state index in [9.17, 15) is 9.90 Å². The van der Waals surface area contributed by atoms with Gasteiger partial charge in [0.15, 0.2) is 0 Å². The number of benzene rings is 1. The van der Waals surface area contributed by atoms with Gasteiger partial charge in [-0.05, 0) is 89.6 Å². The van der Waals surface area contributed by atoms with Crippen LogP contribution in [0, 0.1) is 0 Å². The van der Waals surface area contributed by atoms with Crippen molar-refractivity contribution >= 4 is 17.0 Å². The minimum atomic E-state index is -0.826. The predicted octanol–water partition coefficient (Wildman–Crippen LogP) is 6.37. The highest BCUT2D eigenvalue weighted by Crippen LogP contribution is 2.29. The first-order chi connectivity index (χ1) is 16.3. The summed E-state index contributed by atoms with van der Waals surface area (Å²) in [7, 11) is 0. The van der Waals surface area contributed by atoms with Crippen LogP contribution >= 0.6 is 0 Å². The summed E-state index contributed by atoms with van der Waals surface area (Å²) < 4.78 is 6.51. The number of hydrogen-bond acceptors (Lipinski definition) is 4. The second-order valence-corrected chi connectivity index (χ2v) is 10.6. The summed E-state index contributed by atoms with van der Waals surface area (Å²) in [6.45, 7) is 11.9. The second-order valence-electron chi connectivity index (χ2n) is 10.6. The minimum absolute atomic E-state index is 0.235. The van der Waals surface area contributed by atoms with E-state index < -0.39 is 6.09 Å². The maximum Gasteiger partial charge on any atom is 0.407 e. The Hall–Kier alpha value is -2.34. The highest BCUT2D eigenvalue weighted by atomic mass is 16.5. The van der Waals surface area contributed by atoms with E-state index in [0.29, 0.717) is 6.54 Å². The van der Waals surface area contributed by atoms with Crippen molar-refractivity contribution < 1.29 is 14.6 Å². The first-order valence-corrected chi connectivity index (χ1v) is 13.0. The van der Waals surface area contributed by atoms with E-state index in [1.165, 1.54) is 18.4 Å². The van der Waals surface area contributed by atoms with Crippen LogP contribution in [-0.2, 0) is 6.42 Å². The number of aromatic nitrogens is 1. The molecule has 1 saturated heterocycles. The van der Waals surface area contributed by atoms with Gasteiger partial charge in [0.2, 0.25) is 0 Å². The molecule has 0 spiro atoms. The standard InChI is InChI=1S/C28H43N3O3/c1-5-6-11-22-20-23-12-10-15-29-26(23)25(21-22)34-24-13-18-30(19-14-24)16-8-7-9-17-31(27(32)33)28(2,3)4/h10,12,15,20-21,24H,5-9,11,13-14,16-19H2,1-4H3,(H,32,33). The lowest BCUT2D eigenvalue weighted by Gasteiger charge is -2.33. The first-order valence-electron chi connectivity index (χ1n) is 13.0. The summed E-state index contributed by atoms with van der Waals surface area (Å²) in [5, 5.41) is 10.6. The average molecular weight is 470 g/mol. The molecule has 188 valence electrons. The van der Waals surface area contributed by atoms with E-state index >= 15 is 0 Å². The summed E-state index contributed by atoms with van der Waals surface area (Å²) in [5.41, 5.74) is 1.96. The zero-order valence-corrected chi connectivity index (χ0v) is 21.6. The van der Waals surface area contributed by atoms with Gasteiger partial charge < -0.3 is 19.6 Å². The number of carboxylic acid groups (broad SMARTS) is 1. The van der Waals surface area contributed by atoms with E-state index in [0.717, 1.165) is 74.8 Å². The summed E-state index contributed by atoms with van der Waals surface area (Å²) in [5.74, 6) is 0.935. The molecule has 3 rings (SSSR count). The fraction of sp³-hybridized carbons (Fsp3) is 0.643. The Morgan fingerprint density at radius 1 is 1.18 bits per heavy atom. The maximum absolute atomic E-state index is 11.5. The molecule has 2 heterocycles. The van der Waals surface area contributed by atoms with Crippen LogP contribution in [0.1, 0.15) is 78.2 Å². The van der Waals surface area contributed by atoms with E-state index in [1.54, 1.807) is 4.90 Å². The number of hydrogen-bond donors (Lipinski definition) is 1. The normalized spacial score (nSPS) is 15.5. The highest BCUT2D eigenvalue weighted by molar-refractivity contribution is 5.85. The van der Waals surface area contributed by atoms with Crippen LogP contribution in [0.3, 0.4) is 0 Å². The lowest BCUT2D eigenvalue weighted by Crippen LogP contribution is -2.45. The molecule has 0 aliphatic carbocycles. The summed E-state index contributed by atoms with van der Waals surface area (Å²) >= 11 is 0. The number of aryl methyl sites for hydroxylation is 1. The van der Waals surface area contributed by atoms with Crippen LogP contribution in [0.25, 0.3) is 10.9 Å². The van der Waals surface area contributed by atoms with Crippen molar-refractivity contribution in [1.29, 1.82) is 0 Å². The van der Waals surface area contributed by atoms with Gasteiger partial charge in [0.25, 0.3) is 0 Å². The largest absolute Gasteiger partial charge is 0.488 e. The third-order valence-corrected chi connectivity index (χ3v) is 6.77. The van der Waals surface area contributed by atoms with Gasteiger partial charge in [-0.15, -0.1) is 0 Å². The van der Waals surface area contributed by atoms with Gasteiger partial charge in [0, 0.05) is 36.8 Å². The van der Waals surface area contributed by atoms with Crippen LogP contribution < -0.4 is 4.74 Å². The number of amides is 1. The molecule has 0 atom stereocenters. The molecule has 0 radical (unpaired) electrons. The van der Waals surface area contributed by atoms with E-state index in [4.69, 9.17) is 4.74 Å². The summed E-state index contributed by atoms with van der Waals surface area (Å²) in [6, 6.07) is 8.58. The summed E-state index contributed by atoms with van der Waals surface area (Å²) in [6.07, 6.45) is 9.85. The molecule has 1 aromatic heterocycles. The molecule has 0 unspecified atom stereocenters. The van der Waals surface area contributed by atoms with Gasteiger partial charge in [-0.2, -0.15) is 0 Å². The number of likely N-dealkylation sites (tertiary alicyclic amines) is 1. The molecular weight excluding hydrogens is 426 g/mol. The molecular formula is C28H43N3O3. The monoisotopic (exact) mass is 469 g/mol. The van der Waals surface area contributed by atoms with Crippen molar-refractivity contribution in [2.75, 3.05) is 26.2 Å². The van der Waals surface area contributed by atoms with E-state index in [-0.39, 0.29) is 11.6 Å². The van der Waals surface area contributed by atoms with Crippen molar-refractivity contribution in [3.05, 3.63) is 36.0 Å². The van der Waals surface area contributed by atoms with Crippen molar-refractivity contribution in [2.45, 2.75) is 90.7 Å². The fourth-order valence-corrected chi connectivity index (χ4v) is 4.76. The SMILES string of the molecule is CCCCc1cc(OC2CCN(CCCCCN(C(=O)O)C(C)(C)C)CC2)c2ncccc2c1. The topological polar surface area (TPSA) is 65.9 Å². The first kappa shape index (κ1) is 26.3. The smallest absolute Gasteiger partial charge is 0.407 e. The molecule has 1 aliphatic heterocycles. The minimum Gasteiger partial charge on any atom is -0.488 e. The number of unbranched alkanes of at least 4 members (excludes halogenated alkanes) is 3. The number of rotatable bonds is 11. The van der Waals surface area contributed by atoms with Crippen molar-refractivity contribution in [3.8, 4) is 5.75 Å². The Labute approximate surface area is 205 Å². The Kier molecular flexibility index (Phi) is 9.57. The molecule has 0 saturated carbocycles. The number of ether oxygens (including phenoxy) is 1.